The highest BCUT2D eigenvalue weighted by molar-refractivity contribution is 5.80. The maximum absolute atomic E-state index is 12.8. The van der Waals surface area contributed by atoms with E-state index in [1.807, 2.05) is 60.7 Å². The summed E-state index contributed by atoms with van der Waals surface area (Å²) in [6, 6.07) is 17.3. The standard InChI is InChI=1S/C21H25NO4/c1-21(2,3)26-20(25)22(15-17-12-8-5-9-13-17)18(19(23)24)14-16-10-6-4-7-11-16/h4-13,18H,14-15H2,1-3H3,(H,23,24)/t18-/m0/s1/i1D. The fourth-order valence-electron chi connectivity index (χ4n) is 2.55. The van der Waals surface area contributed by atoms with Crippen LogP contribution < -0.4 is 0 Å². The topological polar surface area (TPSA) is 66.8 Å². The molecule has 5 nitrogen and oxygen atoms in total. The van der Waals surface area contributed by atoms with Gasteiger partial charge in [0.25, 0.3) is 0 Å². The summed E-state index contributed by atoms with van der Waals surface area (Å²) in [6.07, 6.45) is -0.571. The predicted octanol–water partition coefficient (Wildman–Crippen LogP) is 4.12. The molecule has 0 radical (unpaired) electrons. The van der Waals surface area contributed by atoms with Gasteiger partial charge >= 0.3 is 12.1 Å². The van der Waals surface area contributed by atoms with Crippen molar-refractivity contribution in [2.45, 2.75) is 45.4 Å². The van der Waals surface area contributed by atoms with Gasteiger partial charge in [-0.1, -0.05) is 60.7 Å². The van der Waals surface area contributed by atoms with Crippen molar-refractivity contribution in [3.63, 3.8) is 0 Å². The molecule has 0 aromatic heterocycles. The molecular weight excluding hydrogens is 330 g/mol. The number of hydrogen-bond acceptors (Lipinski definition) is 3. The van der Waals surface area contributed by atoms with E-state index in [-0.39, 0.29) is 19.9 Å². The van der Waals surface area contributed by atoms with Crippen molar-refractivity contribution in [2.75, 3.05) is 0 Å². The molecule has 0 aliphatic carbocycles. The van der Waals surface area contributed by atoms with Crippen LogP contribution in [-0.4, -0.2) is 33.7 Å². The lowest BCUT2D eigenvalue weighted by Gasteiger charge is -2.31. The Morgan fingerprint density at radius 2 is 1.62 bits per heavy atom. The van der Waals surface area contributed by atoms with E-state index in [2.05, 4.69) is 0 Å². The third-order valence-electron chi connectivity index (χ3n) is 3.73. The minimum atomic E-state index is -1.10. The number of carbonyl (C=O) groups excluding carboxylic acids is 1. The third-order valence-corrected chi connectivity index (χ3v) is 3.73. The summed E-state index contributed by atoms with van der Waals surface area (Å²) >= 11 is 0. The van der Waals surface area contributed by atoms with E-state index < -0.39 is 23.7 Å². The zero-order valence-electron chi connectivity index (χ0n) is 16.1. The molecule has 0 aliphatic heterocycles. The first kappa shape index (κ1) is 18.0. The lowest BCUT2D eigenvalue weighted by Crippen LogP contribution is -2.47. The lowest BCUT2D eigenvalue weighted by molar-refractivity contribution is -0.143. The number of ether oxygens (including phenoxy) is 1. The maximum Gasteiger partial charge on any atom is 0.411 e. The molecule has 0 saturated heterocycles. The lowest BCUT2D eigenvalue weighted by atomic mass is 10.0. The van der Waals surface area contributed by atoms with Crippen molar-refractivity contribution in [1.29, 1.82) is 0 Å². The molecule has 1 amide bonds. The van der Waals surface area contributed by atoms with Crippen LogP contribution in [0.15, 0.2) is 60.7 Å². The number of carboxylic acids is 1. The number of carbonyl (C=O) groups is 2. The fourth-order valence-corrected chi connectivity index (χ4v) is 2.55. The Balaban J connectivity index is 2.32. The first-order chi connectivity index (χ1) is 12.8. The van der Waals surface area contributed by atoms with Gasteiger partial charge in [0, 0.05) is 14.3 Å². The van der Waals surface area contributed by atoms with Crippen LogP contribution in [0.4, 0.5) is 4.79 Å². The van der Waals surface area contributed by atoms with Crippen molar-refractivity contribution in [1.82, 2.24) is 4.90 Å². The Bertz CT molecular complexity index is 749. The molecule has 0 aliphatic rings. The second-order valence-electron chi connectivity index (χ2n) is 6.78. The molecule has 5 heteroatoms. The number of nitrogens with zero attached hydrogens (tertiary/aromatic N) is 1. The fraction of sp³-hybridized carbons (Fsp3) is 0.333. The number of hydrogen-bond donors (Lipinski definition) is 1. The van der Waals surface area contributed by atoms with Crippen molar-refractivity contribution in [3.8, 4) is 0 Å². The van der Waals surface area contributed by atoms with Gasteiger partial charge in [0.1, 0.15) is 11.6 Å². The molecule has 2 aromatic rings. The average Bonchev–Trinajstić information content (AvgIpc) is 2.65. The smallest absolute Gasteiger partial charge is 0.411 e. The van der Waals surface area contributed by atoms with Gasteiger partial charge in [-0.15, -0.1) is 0 Å². The summed E-state index contributed by atoms with van der Waals surface area (Å²) in [6.45, 7) is 3.25. The largest absolute Gasteiger partial charge is 0.480 e. The minimum absolute atomic E-state index is 0.109. The molecule has 138 valence electrons. The van der Waals surface area contributed by atoms with Crippen molar-refractivity contribution < 1.29 is 20.8 Å². The summed E-state index contributed by atoms with van der Waals surface area (Å²) in [5, 5.41) is 9.80. The summed E-state index contributed by atoms with van der Waals surface area (Å²) in [5.41, 5.74) is 0.620. The number of amides is 1. The Kier molecular flexibility index (Phi) is 5.89. The van der Waals surface area contributed by atoms with E-state index in [1.165, 1.54) is 4.90 Å². The van der Waals surface area contributed by atoms with Crippen molar-refractivity contribution >= 4 is 12.1 Å². The zero-order chi connectivity index (χ0) is 19.9. The van der Waals surface area contributed by atoms with Crippen LogP contribution in [0.1, 0.15) is 33.2 Å². The van der Waals surface area contributed by atoms with Crippen LogP contribution in [0.5, 0.6) is 0 Å². The van der Waals surface area contributed by atoms with Crippen LogP contribution in [0.2, 0.25) is 0 Å². The Morgan fingerprint density at radius 3 is 2.12 bits per heavy atom. The molecule has 0 unspecified atom stereocenters. The van der Waals surface area contributed by atoms with Crippen LogP contribution >= 0.6 is 0 Å². The maximum atomic E-state index is 12.8. The SMILES string of the molecule is [2H]CC(C)(C)OC(=O)N(Cc1ccccc1)[C@@H](Cc1ccccc1)C(=O)O. The van der Waals surface area contributed by atoms with Crippen LogP contribution in [0.3, 0.4) is 0 Å². The molecule has 0 bridgehead atoms. The molecule has 26 heavy (non-hydrogen) atoms. The molecular formula is C21H25NO4. The van der Waals surface area contributed by atoms with Gasteiger partial charge in [-0.3, -0.25) is 4.90 Å². The highest BCUT2D eigenvalue weighted by Gasteiger charge is 2.33. The van der Waals surface area contributed by atoms with Gasteiger partial charge in [-0.25, -0.2) is 9.59 Å². The third kappa shape index (κ3) is 5.92. The first-order valence-corrected chi connectivity index (χ1v) is 8.42. The summed E-state index contributed by atoms with van der Waals surface area (Å²) in [4.78, 5) is 26.0. The zero-order valence-corrected chi connectivity index (χ0v) is 15.1. The first-order valence-electron chi connectivity index (χ1n) is 9.12. The minimum Gasteiger partial charge on any atom is -0.480 e. The predicted molar refractivity (Wildman–Crippen MR) is 99.8 cm³/mol. The number of benzene rings is 2. The molecule has 2 aromatic carbocycles. The summed E-state index contributed by atoms with van der Waals surface area (Å²) in [7, 11) is 0. The van der Waals surface area contributed by atoms with Gasteiger partial charge in [0.05, 0.1) is 0 Å². The molecule has 2 rings (SSSR count). The van der Waals surface area contributed by atoms with E-state index in [0.29, 0.717) is 0 Å². The van der Waals surface area contributed by atoms with E-state index in [1.54, 1.807) is 13.8 Å². The number of carboxylic acid groups (broad SMARTS) is 1. The van der Waals surface area contributed by atoms with Gasteiger partial charge in [-0.2, -0.15) is 0 Å². The number of aliphatic carboxylic acids is 1. The van der Waals surface area contributed by atoms with Crippen LogP contribution in [0.25, 0.3) is 0 Å². The Hall–Kier alpha value is -2.82. The Morgan fingerprint density at radius 1 is 1.08 bits per heavy atom. The average molecular weight is 356 g/mol. The second kappa shape index (κ2) is 8.52. The molecule has 0 saturated carbocycles. The highest BCUT2D eigenvalue weighted by atomic mass is 16.6. The van der Waals surface area contributed by atoms with E-state index in [0.717, 1.165) is 11.1 Å². The number of rotatable bonds is 6. The van der Waals surface area contributed by atoms with Gasteiger partial charge in [-0.05, 0) is 31.9 Å². The Labute approximate surface area is 155 Å². The molecule has 0 fully saturated rings. The monoisotopic (exact) mass is 356 g/mol. The van der Waals surface area contributed by atoms with E-state index in [9.17, 15) is 14.7 Å². The van der Waals surface area contributed by atoms with Crippen molar-refractivity contribution in [2.24, 2.45) is 0 Å². The molecule has 0 spiro atoms. The molecule has 1 N–H and O–H groups in total. The summed E-state index contributed by atoms with van der Waals surface area (Å²) < 4.78 is 12.9. The highest BCUT2D eigenvalue weighted by Crippen LogP contribution is 2.18. The second-order valence-corrected chi connectivity index (χ2v) is 6.78. The van der Waals surface area contributed by atoms with Crippen LogP contribution in [-0.2, 0) is 22.5 Å². The summed E-state index contributed by atoms with van der Waals surface area (Å²) in [5.74, 6) is -1.10. The van der Waals surface area contributed by atoms with Gasteiger partial charge in [0.15, 0.2) is 0 Å². The van der Waals surface area contributed by atoms with E-state index in [4.69, 9.17) is 6.11 Å². The normalized spacial score (nSPS) is 12.8. The van der Waals surface area contributed by atoms with Gasteiger partial charge in [0.2, 0.25) is 0 Å². The van der Waals surface area contributed by atoms with E-state index >= 15 is 0 Å². The molecule has 1 atom stereocenters. The van der Waals surface area contributed by atoms with Crippen molar-refractivity contribution in [3.05, 3.63) is 71.8 Å². The van der Waals surface area contributed by atoms with Gasteiger partial charge < -0.3 is 9.84 Å². The molecule has 0 heterocycles. The van der Waals surface area contributed by atoms with Crippen LogP contribution in [0, 0.1) is 0 Å². The quantitative estimate of drug-likeness (QED) is 0.845.